The van der Waals surface area contributed by atoms with E-state index in [0.29, 0.717) is 12.0 Å². The summed E-state index contributed by atoms with van der Waals surface area (Å²) in [6.45, 7) is 2.85. The van der Waals surface area contributed by atoms with Gasteiger partial charge in [-0.1, -0.05) is 11.6 Å². The van der Waals surface area contributed by atoms with Gasteiger partial charge in [-0.25, -0.2) is 0 Å². The van der Waals surface area contributed by atoms with E-state index >= 15 is 0 Å². The number of halogens is 1. The van der Waals surface area contributed by atoms with Crippen molar-refractivity contribution < 1.29 is 4.74 Å². The van der Waals surface area contributed by atoms with E-state index in [0.717, 1.165) is 35.7 Å². The standard InChI is InChI=1S/C14H20ClNO/c1-10-8-12(15)4-7-14(10)17-13-5-2-11(9-16)3-6-13/h4,7-8,11,13H,2-3,5-6,9,16H2,1H3. The third-order valence-corrected chi connectivity index (χ3v) is 3.79. The second-order valence-electron chi connectivity index (χ2n) is 4.91. The molecule has 0 amide bonds. The molecule has 1 aromatic carbocycles. The molecule has 1 aromatic rings. The van der Waals surface area contributed by atoms with Gasteiger partial charge in [0.25, 0.3) is 0 Å². The number of hydrogen-bond acceptors (Lipinski definition) is 2. The summed E-state index contributed by atoms with van der Waals surface area (Å²) >= 11 is 5.93. The lowest BCUT2D eigenvalue weighted by atomic mass is 9.87. The lowest BCUT2D eigenvalue weighted by molar-refractivity contribution is 0.132. The first-order valence-electron chi connectivity index (χ1n) is 6.32. The largest absolute Gasteiger partial charge is 0.490 e. The Hall–Kier alpha value is -0.730. The van der Waals surface area contributed by atoms with Gasteiger partial charge in [0.1, 0.15) is 5.75 Å². The molecule has 1 saturated carbocycles. The Morgan fingerprint density at radius 1 is 1.29 bits per heavy atom. The van der Waals surface area contributed by atoms with Gasteiger partial charge < -0.3 is 10.5 Å². The van der Waals surface area contributed by atoms with Gasteiger partial charge >= 0.3 is 0 Å². The molecule has 0 aliphatic heterocycles. The van der Waals surface area contributed by atoms with Crippen LogP contribution >= 0.6 is 11.6 Å². The van der Waals surface area contributed by atoms with Crippen LogP contribution in [0, 0.1) is 12.8 Å². The molecular weight excluding hydrogens is 234 g/mol. The van der Waals surface area contributed by atoms with Crippen molar-refractivity contribution in [2.75, 3.05) is 6.54 Å². The molecule has 94 valence electrons. The highest BCUT2D eigenvalue weighted by atomic mass is 35.5. The van der Waals surface area contributed by atoms with Crippen molar-refractivity contribution in [3.8, 4) is 5.75 Å². The first-order chi connectivity index (χ1) is 8.19. The molecule has 0 saturated heterocycles. The van der Waals surface area contributed by atoms with Crippen molar-refractivity contribution >= 4 is 11.6 Å². The molecule has 0 unspecified atom stereocenters. The van der Waals surface area contributed by atoms with Crippen LogP contribution in [0.3, 0.4) is 0 Å². The molecule has 0 atom stereocenters. The maximum atomic E-state index is 6.03. The number of ether oxygens (including phenoxy) is 1. The third kappa shape index (κ3) is 3.36. The Morgan fingerprint density at radius 3 is 2.59 bits per heavy atom. The predicted octanol–water partition coefficient (Wildman–Crippen LogP) is 3.54. The van der Waals surface area contributed by atoms with Gasteiger partial charge in [0.05, 0.1) is 6.10 Å². The Morgan fingerprint density at radius 2 is 2.00 bits per heavy atom. The first-order valence-corrected chi connectivity index (χ1v) is 6.69. The van der Waals surface area contributed by atoms with Gasteiger partial charge in [-0.2, -0.15) is 0 Å². The number of rotatable bonds is 3. The van der Waals surface area contributed by atoms with Crippen molar-refractivity contribution in [2.24, 2.45) is 11.7 Å². The normalized spacial score (nSPS) is 24.6. The third-order valence-electron chi connectivity index (χ3n) is 3.56. The van der Waals surface area contributed by atoms with E-state index in [4.69, 9.17) is 22.1 Å². The molecule has 0 radical (unpaired) electrons. The minimum absolute atomic E-state index is 0.345. The van der Waals surface area contributed by atoms with Crippen LogP contribution in [0.25, 0.3) is 0 Å². The molecule has 1 fully saturated rings. The molecule has 0 heterocycles. The fourth-order valence-corrected chi connectivity index (χ4v) is 2.64. The van der Waals surface area contributed by atoms with Crippen LogP contribution in [0.4, 0.5) is 0 Å². The molecular formula is C14H20ClNO. The van der Waals surface area contributed by atoms with Crippen molar-refractivity contribution in [1.82, 2.24) is 0 Å². The number of nitrogens with two attached hydrogens (primary N) is 1. The van der Waals surface area contributed by atoms with Gasteiger partial charge in [0.15, 0.2) is 0 Å². The fourth-order valence-electron chi connectivity index (χ4n) is 2.41. The highest BCUT2D eigenvalue weighted by Gasteiger charge is 2.21. The minimum atomic E-state index is 0.345. The molecule has 17 heavy (non-hydrogen) atoms. The zero-order valence-electron chi connectivity index (χ0n) is 10.3. The molecule has 2 rings (SSSR count). The Labute approximate surface area is 108 Å². The van der Waals surface area contributed by atoms with Crippen LogP contribution in [-0.4, -0.2) is 12.6 Å². The average molecular weight is 254 g/mol. The van der Waals surface area contributed by atoms with Crippen molar-refractivity contribution in [1.29, 1.82) is 0 Å². The smallest absolute Gasteiger partial charge is 0.122 e. The molecule has 0 bridgehead atoms. The van der Waals surface area contributed by atoms with Crippen molar-refractivity contribution in [2.45, 2.75) is 38.7 Å². The maximum Gasteiger partial charge on any atom is 0.122 e. The minimum Gasteiger partial charge on any atom is -0.490 e. The number of hydrogen-bond donors (Lipinski definition) is 1. The Bertz CT molecular complexity index is 372. The van der Waals surface area contributed by atoms with Crippen molar-refractivity contribution in [3.05, 3.63) is 28.8 Å². The predicted molar refractivity (Wildman–Crippen MR) is 71.6 cm³/mol. The monoisotopic (exact) mass is 253 g/mol. The van der Waals surface area contributed by atoms with Crippen LogP contribution in [0.2, 0.25) is 5.02 Å². The Kier molecular flexibility index (Phi) is 4.30. The fraction of sp³-hybridized carbons (Fsp3) is 0.571. The summed E-state index contributed by atoms with van der Waals surface area (Å²) in [7, 11) is 0. The maximum absolute atomic E-state index is 6.03. The van der Waals surface area contributed by atoms with E-state index in [2.05, 4.69) is 0 Å². The van der Waals surface area contributed by atoms with Gasteiger partial charge in [0, 0.05) is 5.02 Å². The second kappa shape index (κ2) is 5.74. The summed E-state index contributed by atoms with van der Waals surface area (Å²) in [5.41, 5.74) is 6.80. The second-order valence-corrected chi connectivity index (χ2v) is 5.34. The summed E-state index contributed by atoms with van der Waals surface area (Å²) < 4.78 is 6.03. The number of benzene rings is 1. The zero-order chi connectivity index (χ0) is 12.3. The van der Waals surface area contributed by atoms with Gasteiger partial charge in [-0.05, 0) is 68.8 Å². The molecule has 2 N–H and O–H groups in total. The highest BCUT2D eigenvalue weighted by molar-refractivity contribution is 6.30. The van der Waals surface area contributed by atoms with Crippen LogP contribution in [0.1, 0.15) is 31.2 Å². The van der Waals surface area contributed by atoms with Gasteiger partial charge in [-0.15, -0.1) is 0 Å². The molecule has 3 heteroatoms. The highest BCUT2D eigenvalue weighted by Crippen LogP contribution is 2.29. The van der Waals surface area contributed by atoms with Gasteiger partial charge in [0.2, 0.25) is 0 Å². The summed E-state index contributed by atoms with van der Waals surface area (Å²) in [6, 6.07) is 5.80. The van der Waals surface area contributed by atoms with E-state index < -0.39 is 0 Å². The van der Waals surface area contributed by atoms with Crippen LogP contribution in [0.5, 0.6) is 5.75 Å². The first kappa shape index (κ1) is 12.7. The van der Waals surface area contributed by atoms with E-state index in [1.54, 1.807) is 0 Å². The molecule has 1 aliphatic rings. The molecule has 0 spiro atoms. The lowest BCUT2D eigenvalue weighted by Gasteiger charge is -2.28. The quantitative estimate of drug-likeness (QED) is 0.894. The number of aryl methyl sites for hydroxylation is 1. The zero-order valence-corrected chi connectivity index (χ0v) is 11.0. The van der Waals surface area contributed by atoms with E-state index in [1.807, 2.05) is 25.1 Å². The summed E-state index contributed by atoms with van der Waals surface area (Å²) in [5.74, 6) is 1.66. The van der Waals surface area contributed by atoms with E-state index in [9.17, 15) is 0 Å². The molecule has 0 aromatic heterocycles. The van der Waals surface area contributed by atoms with Gasteiger partial charge in [-0.3, -0.25) is 0 Å². The van der Waals surface area contributed by atoms with Crippen LogP contribution < -0.4 is 10.5 Å². The molecule has 2 nitrogen and oxygen atoms in total. The lowest BCUT2D eigenvalue weighted by Crippen LogP contribution is -2.27. The topological polar surface area (TPSA) is 35.2 Å². The van der Waals surface area contributed by atoms with Crippen molar-refractivity contribution in [3.63, 3.8) is 0 Å². The van der Waals surface area contributed by atoms with E-state index in [-0.39, 0.29) is 0 Å². The summed E-state index contributed by atoms with van der Waals surface area (Å²) in [6.07, 6.45) is 4.95. The SMILES string of the molecule is Cc1cc(Cl)ccc1OC1CCC(CN)CC1. The molecule has 1 aliphatic carbocycles. The van der Waals surface area contributed by atoms with E-state index in [1.165, 1.54) is 12.8 Å². The summed E-state index contributed by atoms with van der Waals surface area (Å²) in [4.78, 5) is 0. The van der Waals surface area contributed by atoms with Crippen LogP contribution in [0.15, 0.2) is 18.2 Å². The average Bonchev–Trinajstić information content (AvgIpc) is 2.34. The Balaban J connectivity index is 1.93. The van der Waals surface area contributed by atoms with Crippen LogP contribution in [-0.2, 0) is 0 Å². The summed E-state index contributed by atoms with van der Waals surface area (Å²) in [5, 5.41) is 0.765.